The van der Waals surface area contributed by atoms with Crippen molar-refractivity contribution in [3.05, 3.63) is 16.1 Å². The van der Waals surface area contributed by atoms with Crippen LogP contribution in [0.25, 0.3) is 0 Å². The van der Waals surface area contributed by atoms with E-state index in [-0.39, 0.29) is 0 Å². The molecule has 2 fully saturated rings. The van der Waals surface area contributed by atoms with E-state index in [0.717, 1.165) is 18.6 Å². The zero-order valence-electron chi connectivity index (χ0n) is 10.5. The molecule has 4 heteroatoms. The molecule has 0 saturated carbocycles. The van der Waals surface area contributed by atoms with E-state index in [4.69, 9.17) is 0 Å². The van der Waals surface area contributed by atoms with E-state index in [1.165, 1.54) is 48.7 Å². The number of aromatic nitrogens is 1. The van der Waals surface area contributed by atoms with E-state index >= 15 is 0 Å². The summed E-state index contributed by atoms with van der Waals surface area (Å²) in [5.41, 5.74) is 0. The molecule has 0 spiro atoms. The van der Waals surface area contributed by atoms with Crippen LogP contribution in [0.15, 0.2) is 6.20 Å². The SMILES string of the molecule is Cc1ncc(CNC2CCN3CCCC3C2)s1. The number of piperidine rings is 1. The first kappa shape index (κ1) is 11.6. The third-order valence-electron chi connectivity index (χ3n) is 4.05. The van der Waals surface area contributed by atoms with Gasteiger partial charge in [0.25, 0.3) is 0 Å². The van der Waals surface area contributed by atoms with Crippen LogP contribution in [0, 0.1) is 6.92 Å². The van der Waals surface area contributed by atoms with Gasteiger partial charge in [0.1, 0.15) is 0 Å². The minimum absolute atomic E-state index is 0.719. The average molecular weight is 251 g/mol. The summed E-state index contributed by atoms with van der Waals surface area (Å²) in [6, 6.07) is 1.58. The summed E-state index contributed by atoms with van der Waals surface area (Å²) in [7, 11) is 0. The van der Waals surface area contributed by atoms with Gasteiger partial charge in [-0.1, -0.05) is 0 Å². The summed E-state index contributed by atoms with van der Waals surface area (Å²) in [4.78, 5) is 8.35. The molecule has 2 aliphatic rings. The van der Waals surface area contributed by atoms with Crippen molar-refractivity contribution in [1.29, 1.82) is 0 Å². The number of nitrogens with zero attached hydrogens (tertiary/aromatic N) is 2. The molecule has 2 atom stereocenters. The molecule has 2 saturated heterocycles. The highest BCUT2D eigenvalue weighted by Gasteiger charge is 2.31. The van der Waals surface area contributed by atoms with Crippen LogP contribution in [0.2, 0.25) is 0 Å². The zero-order valence-corrected chi connectivity index (χ0v) is 11.3. The van der Waals surface area contributed by atoms with Crippen molar-refractivity contribution in [1.82, 2.24) is 15.2 Å². The zero-order chi connectivity index (χ0) is 11.7. The predicted molar refractivity (Wildman–Crippen MR) is 71.3 cm³/mol. The Balaban J connectivity index is 1.49. The number of fused-ring (bicyclic) bond motifs is 1. The van der Waals surface area contributed by atoms with E-state index in [1.807, 2.05) is 17.5 Å². The van der Waals surface area contributed by atoms with Gasteiger partial charge in [-0.05, 0) is 45.7 Å². The Morgan fingerprint density at radius 1 is 1.47 bits per heavy atom. The molecule has 0 aliphatic carbocycles. The van der Waals surface area contributed by atoms with Gasteiger partial charge in [0.15, 0.2) is 0 Å². The Morgan fingerprint density at radius 3 is 3.24 bits per heavy atom. The topological polar surface area (TPSA) is 28.2 Å². The van der Waals surface area contributed by atoms with Gasteiger partial charge >= 0.3 is 0 Å². The van der Waals surface area contributed by atoms with Gasteiger partial charge in [0, 0.05) is 29.7 Å². The third kappa shape index (κ3) is 2.69. The van der Waals surface area contributed by atoms with Crippen LogP contribution < -0.4 is 5.32 Å². The summed E-state index contributed by atoms with van der Waals surface area (Å²) in [5.74, 6) is 0. The second kappa shape index (κ2) is 5.04. The lowest BCUT2D eigenvalue weighted by molar-refractivity contribution is 0.166. The molecule has 0 amide bonds. The quantitative estimate of drug-likeness (QED) is 0.892. The van der Waals surface area contributed by atoms with Gasteiger partial charge in [-0.25, -0.2) is 4.98 Å². The first-order valence-electron chi connectivity index (χ1n) is 6.70. The molecular formula is C13H21N3S. The number of hydrogen-bond donors (Lipinski definition) is 1. The molecule has 1 aromatic heterocycles. The van der Waals surface area contributed by atoms with Crippen molar-refractivity contribution in [2.75, 3.05) is 13.1 Å². The minimum Gasteiger partial charge on any atom is -0.309 e. The van der Waals surface area contributed by atoms with Crippen molar-refractivity contribution in [3.8, 4) is 0 Å². The molecular weight excluding hydrogens is 230 g/mol. The molecule has 2 unspecified atom stereocenters. The van der Waals surface area contributed by atoms with E-state index in [2.05, 4.69) is 22.1 Å². The van der Waals surface area contributed by atoms with E-state index in [9.17, 15) is 0 Å². The van der Waals surface area contributed by atoms with Crippen LogP contribution in [0.4, 0.5) is 0 Å². The molecule has 1 aromatic rings. The maximum Gasteiger partial charge on any atom is 0.0897 e. The number of thiazole rings is 1. The Kier molecular flexibility index (Phi) is 3.45. The Labute approximate surface area is 107 Å². The van der Waals surface area contributed by atoms with E-state index < -0.39 is 0 Å². The summed E-state index contributed by atoms with van der Waals surface area (Å²) in [6.45, 7) is 5.71. The summed E-state index contributed by atoms with van der Waals surface area (Å²) >= 11 is 1.81. The van der Waals surface area contributed by atoms with Crippen molar-refractivity contribution in [3.63, 3.8) is 0 Å². The Morgan fingerprint density at radius 2 is 2.41 bits per heavy atom. The Hall–Kier alpha value is -0.450. The van der Waals surface area contributed by atoms with Gasteiger partial charge in [0.05, 0.1) is 5.01 Å². The smallest absolute Gasteiger partial charge is 0.0897 e. The standard InChI is InChI=1S/C13H21N3S/c1-10-14-8-13(17-10)9-15-11-4-6-16-5-2-3-12(16)7-11/h8,11-12,15H,2-7,9H2,1H3. The third-order valence-corrected chi connectivity index (χ3v) is 4.97. The summed E-state index contributed by atoms with van der Waals surface area (Å²) < 4.78 is 0. The highest BCUT2D eigenvalue weighted by molar-refractivity contribution is 7.11. The number of nitrogens with one attached hydrogen (secondary N) is 1. The van der Waals surface area contributed by atoms with E-state index in [1.54, 1.807) is 0 Å². The van der Waals surface area contributed by atoms with E-state index in [0.29, 0.717) is 0 Å². The van der Waals surface area contributed by atoms with Crippen LogP contribution in [0.1, 0.15) is 35.6 Å². The highest BCUT2D eigenvalue weighted by atomic mass is 32.1. The average Bonchev–Trinajstić information content (AvgIpc) is 2.94. The molecule has 3 nitrogen and oxygen atoms in total. The second-order valence-corrected chi connectivity index (χ2v) is 6.60. The maximum absolute atomic E-state index is 4.30. The predicted octanol–water partition coefficient (Wildman–Crippen LogP) is 2.17. The minimum atomic E-state index is 0.719. The molecule has 3 rings (SSSR count). The van der Waals surface area contributed by atoms with Gasteiger partial charge in [-0.3, -0.25) is 0 Å². The largest absolute Gasteiger partial charge is 0.309 e. The van der Waals surface area contributed by atoms with Crippen molar-refractivity contribution < 1.29 is 0 Å². The molecule has 0 bridgehead atoms. The Bertz CT molecular complexity index is 376. The van der Waals surface area contributed by atoms with Crippen LogP contribution in [0.5, 0.6) is 0 Å². The van der Waals surface area contributed by atoms with Crippen LogP contribution >= 0.6 is 11.3 Å². The monoisotopic (exact) mass is 251 g/mol. The summed E-state index contributed by atoms with van der Waals surface area (Å²) in [5, 5.41) is 4.88. The van der Waals surface area contributed by atoms with Gasteiger partial charge in [-0.15, -0.1) is 11.3 Å². The molecule has 1 N–H and O–H groups in total. The fourth-order valence-corrected chi connectivity index (χ4v) is 3.89. The van der Waals surface area contributed by atoms with Gasteiger partial charge < -0.3 is 10.2 Å². The van der Waals surface area contributed by atoms with Crippen molar-refractivity contribution in [2.45, 2.75) is 51.2 Å². The van der Waals surface area contributed by atoms with Crippen LogP contribution in [-0.4, -0.2) is 35.1 Å². The fourth-order valence-electron chi connectivity index (χ4n) is 3.14. The molecule has 0 radical (unpaired) electrons. The lowest BCUT2D eigenvalue weighted by Gasteiger charge is -2.35. The lowest BCUT2D eigenvalue weighted by atomic mass is 9.97. The molecule has 2 aliphatic heterocycles. The van der Waals surface area contributed by atoms with Crippen molar-refractivity contribution in [2.24, 2.45) is 0 Å². The molecule has 3 heterocycles. The van der Waals surface area contributed by atoms with Crippen LogP contribution in [-0.2, 0) is 6.54 Å². The number of hydrogen-bond acceptors (Lipinski definition) is 4. The molecule has 17 heavy (non-hydrogen) atoms. The maximum atomic E-state index is 4.30. The first-order chi connectivity index (χ1) is 8.31. The normalized spacial score (nSPS) is 29.5. The van der Waals surface area contributed by atoms with Crippen LogP contribution in [0.3, 0.4) is 0 Å². The first-order valence-corrected chi connectivity index (χ1v) is 7.51. The lowest BCUT2D eigenvalue weighted by Crippen LogP contribution is -2.45. The van der Waals surface area contributed by atoms with Gasteiger partial charge in [-0.2, -0.15) is 0 Å². The summed E-state index contributed by atoms with van der Waals surface area (Å²) in [6.07, 6.45) is 7.49. The second-order valence-electron chi connectivity index (χ2n) is 5.28. The van der Waals surface area contributed by atoms with Crippen molar-refractivity contribution >= 4 is 11.3 Å². The fraction of sp³-hybridized carbons (Fsp3) is 0.769. The molecule has 0 aromatic carbocycles. The molecule has 94 valence electrons. The number of rotatable bonds is 3. The van der Waals surface area contributed by atoms with Gasteiger partial charge in [0.2, 0.25) is 0 Å². The number of aryl methyl sites for hydroxylation is 1. The highest BCUT2D eigenvalue weighted by Crippen LogP contribution is 2.27.